The first-order valence-electron chi connectivity index (χ1n) is 5.76. The Morgan fingerprint density at radius 3 is 2.58 bits per heavy atom. The smallest absolute Gasteiger partial charge is 0.240 e. The monoisotopic (exact) mass is 297 g/mol. The Labute approximate surface area is 116 Å². The molecule has 0 aliphatic carbocycles. The van der Waals surface area contributed by atoms with E-state index in [2.05, 4.69) is 15.0 Å². The molecule has 0 saturated heterocycles. The predicted molar refractivity (Wildman–Crippen MR) is 77.0 cm³/mol. The van der Waals surface area contributed by atoms with E-state index >= 15 is 0 Å². The van der Waals surface area contributed by atoms with Gasteiger partial charge in [-0.15, -0.1) is 11.3 Å². The molecule has 0 saturated carbocycles. The van der Waals surface area contributed by atoms with Crippen molar-refractivity contribution < 1.29 is 8.42 Å². The number of nitrogens with one attached hydrogen (secondary N) is 2. The summed E-state index contributed by atoms with van der Waals surface area (Å²) in [7, 11) is -1.96. The first kappa shape index (κ1) is 14.0. The van der Waals surface area contributed by atoms with E-state index in [1.54, 1.807) is 35.6 Å². The fraction of sp³-hybridized carbons (Fsp3) is 0.250. The second kappa shape index (κ2) is 6.14. The third-order valence-electron chi connectivity index (χ3n) is 2.63. The van der Waals surface area contributed by atoms with Crippen LogP contribution in [-0.4, -0.2) is 27.0 Å². The molecule has 2 aromatic rings. The van der Waals surface area contributed by atoms with Crippen LogP contribution in [0.3, 0.4) is 0 Å². The van der Waals surface area contributed by atoms with Crippen LogP contribution in [0.15, 0.2) is 40.1 Å². The fourth-order valence-electron chi connectivity index (χ4n) is 1.57. The van der Waals surface area contributed by atoms with E-state index in [-0.39, 0.29) is 4.90 Å². The zero-order chi connectivity index (χ0) is 13.7. The van der Waals surface area contributed by atoms with Crippen molar-refractivity contribution in [1.29, 1.82) is 0 Å². The summed E-state index contributed by atoms with van der Waals surface area (Å²) in [4.78, 5) is 4.46. The highest BCUT2D eigenvalue weighted by molar-refractivity contribution is 7.89. The summed E-state index contributed by atoms with van der Waals surface area (Å²) in [5.41, 5.74) is 3.77. The summed E-state index contributed by atoms with van der Waals surface area (Å²) in [5, 5.41) is 5.25. The van der Waals surface area contributed by atoms with Gasteiger partial charge < -0.3 is 5.32 Å². The molecule has 0 unspecified atom stereocenters. The van der Waals surface area contributed by atoms with E-state index in [0.29, 0.717) is 0 Å². The Hall–Kier alpha value is -1.44. The minimum atomic E-state index is -3.36. The molecule has 0 amide bonds. The molecule has 5 nitrogen and oxygen atoms in total. The molecule has 19 heavy (non-hydrogen) atoms. The standard InChI is InChI=1S/C12H15N3O2S2/c1-13-19(16,17)12-4-2-10(3-5-12)14-7-6-11-8-18-9-15-11/h2-5,8-9,13-14H,6-7H2,1H3. The maximum absolute atomic E-state index is 11.5. The maximum Gasteiger partial charge on any atom is 0.240 e. The number of benzene rings is 1. The first-order valence-corrected chi connectivity index (χ1v) is 8.19. The van der Waals surface area contributed by atoms with Gasteiger partial charge in [-0.05, 0) is 31.3 Å². The average Bonchev–Trinajstić information content (AvgIpc) is 2.92. The van der Waals surface area contributed by atoms with Crippen LogP contribution in [0.4, 0.5) is 5.69 Å². The molecule has 1 aromatic heterocycles. The van der Waals surface area contributed by atoms with Crippen LogP contribution in [-0.2, 0) is 16.4 Å². The molecule has 0 aliphatic rings. The van der Waals surface area contributed by atoms with Crippen molar-refractivity contribution >= 4 is 27.0 Å². The predicted octanol–water partition coefficient (Wildman–Crippen LogP) is 1.71. The maximum atomic E-state index is 11.5. The van der Waals surface area contributed by atoms with E-state index in [0.717, 1.165) is 24.3 Å². The van der Waals surface area contributed by atoms with Crippen molar-refractivity contribution in [2.45, 2.75) is 11.3 Å². The zero-order valence-electron chi connectivity index (χ0n) is 10.5. The minimum Gasteiger partial charge on any atom is -0.385 e. The van der Waals surface area contributed by atoms with Gasteiger partial charge >= 0.3 is 0 Å². The molecule has 1 aromatic carbocycles. The van der Waals surface area contributed by atoms with Gasteiger partial charge in [-0.1, -0.05) is 0 Å². The second-order valence-corrected chi connectivity index (χ2v) is 6.49. The number of nitrogens with zero attached hydrogens (tertiary/aromatic N) is 1. The van der Waals surface area contributed by atoms with Gasteiger partial charge in [0, 0.05) is 24.0 Å². The van der Waals surface area contributed by atoms with Crippen molar-refractivity contribution in [1.82, 2.24) is 9.71 Å². The van der Waals surface area contributed by atoms with Crippen molar-refractivity contribution in [2.75, 3.05) is 18.9 Å². The van der Waals surface area contributed by atoms with E-state index in [9.17, 15) is 8.42 Å². The Morgan fingerprint density at radius 1 is 1.26 bits per heavy atom. The molecular formula is C12H15N3O2S2. The molecule has 0 bridgehead atoms. The Kier molecular flexibility index (Phi) is 4.52. The summed E-state index contributed by atoms with van der Waals surface area (Å²) in [6.07, 6.45) is 0.847. The van der Waals surface area contributed by atoms with Gasteiger partial charge in [0.05, 0.1) is 16.1 Å². The van der Waals surface area contributed by atoms with Gasteiger partial charge in [0.2, 0.25) is 10.0 Å². The van der Waals surface area contributed by atoms with Crippen LogP contribution < -0.4 is 10.0 Å². The van der Waals surface area contributed by atoms with E-state index < -0.39 is 10.0 Å². The van der Waals surface area contributed by atoms with Crippen LogP contribution >= 0.6 is 11.3 Å². The molecule has 0 fully saturated rings. The van der Waals surface area contributed by atoms with E-state index in [1.165, 1.54) is 7.05 Å². The highest BCUT2D eigenvalue weighted by atomic mass is 32.2. The van der Waals surface area contributed by atoms with Crippen LogP contribution in [0.5, 0.6) is 0 Å². The quantitative estimate of drug-likeness (QED) is 0.851. The highest BCUT2D eigenvalue weighted by Gasteiger charge is 2.10. The van der Waals surface area contributed by atoms with Crippen molar-refractivity contribution in [3.05, 3.63) is 40.8 Å². The van der Waals surface area contributed by atoms with E-state index in [1.807, 2.05) is 10.9 Å². The Bertz CT molecular complexity index is 607. The Balaban J connectivity index is 1.92. The summed E-state index contributed by atoms with van der Waals surface area (Å²) >= 11 is 1.58. The third kappa shape index (κ3) is 3.76. The molecule has 0 spiro atoms. The molecule has 1 heterocycles. The number of aromatic nitrogens is 1. The van der Waals surface area contributed by atoms with Crippen molar-refractivity contribution in [3.8, 4) is 0 Å². The molecule has 0 aliphatic heterocycles. The lowest BCUT2D eigenvalue weighted by Crippen LogP contribution is -2.18. The molecule has 0 radical (unpaired) electrons. The topological polar surface area (TPSA) is 71.1 Å². The SMILES string of the molecule is CNS(=O)(=O)c1ccc(NCCc2cscn2)cc1. The van der Waals surface area contributed by atoms with Crippen LogP contribution in [0.1, 0.15) is 5.69 Å². The van der Waals surface area contributed by atoms with Gasteiger partial charge in [-0.2, -0.15) is 0 Å². The second-order valence-electron chi connectivity index (χ2n) is 3.89. The molecule has 7 heteroatoms. The first-order chi connectivity index (χ1) is 9.12. The van der Waals surface area contributed by atoms with Gasteiger partial charge in [0.25, 0.3) is 0 Å². The zero-order valence-corrected chi connectivity index (χ0v) is 12.1. The van der Waals surface area contributed by atoms with Gasteiger partial charge in [-0.25, -0.2) is 18.1 Å². The van der Waals surface area contributed by atoms with Crippen LogP contribution in [0, 0.1) is 0 Å². The molecule has 102 valence electrons. The largest absolute Gasteiger partial charge is 0.385 e. The summed E-state index contributed by atoms with van der Waals surface area (Å²) in [5.74, 6) is 0. The number of sulfonamides is 1. The molecule has 0 atom stereocenters. The van der Waals surface area contributed by atoms with Crippen LogP contribution in [0.2, 0.25) is 0 Å². The lowest BCUT2D eigenvalue weighted by Gasteiger charge is -2.07. The van der Waals surface area contributed by atoms with Crippen molar-refractivity contribution in [2.24, 2.45) is 0 Å². The highest BCUT2D eigenvalue weighted by Crippen LogP contribution is 2.13. The Morgan fingerprint density at radius 2 is 2.00 bits per heavy atom. The van der Waals surface area contributed by atoms with Gasteiger partial charge in [-0.3, -0.25) is 0 Å². The lowest BCUT2D eigenvalue weighted by molar-refractivity contribution is 0.588. The molecular weight excluding hydrogens is 282 g/mol. The summed E-state index contributed by atoms with van der Waals surface area (Å²) in [6.45, 7) is 0.766. The number of anilines is 1. The minimum absolute atomic E-state index is 0.264. The van der Waals surface area contributed by atoms with Crippen LogP contribution in [0.25, 0.3) is 0 Å². The van der Waals surface area contributed by atoms with Crippen molar-refractivity contribution in [3.63, 3.8) is 0 Å². The molecule has 2 N–H and O–H groups in total. The number of thiazole rings is 1. The van der Waals surface area contributed by atoms with E-state index in [4.69, 9.17) is 0 Å². The lowest BCUT2D eigenvalue weighted by atomic mass is 10.3. The average molecular weight is 297 g/mol. The third-order valence-corrected chi connectivity index (χ3v) is 4.69. The van der Waals surface area contributed by atoms with Gasteiger partial charge in [0.15, 0.2) is 0 Å². The molecule has 2 rings (SSSR count). The number of hydrogen-bond acceptors (Lipinski definition) is 5. The number of rotatable bonds is 6. The number of hydrogen-bond donors (Lipinski definition) is 2. The van der Waals surface area contributed by atoms with Gasteiger partial charge in [0.1, 0.15) is 0 Å². The normalized spacial score (nSPS) is 11.4. The summed E-state index contributed by atoms with van der Waals surface area (Å²) in [6, 6.07) is 6.67. The summed E-state index contributed by atoms with van der Waals surface area (Å²) < 4.78 is 25.4. The fourth-order valence-corrected chi connectivity index (χ4v) is 2.89.